The second kappa shape index (κ2) is 17.2. The minimum atomic E-state index is -4.57. The molecule has 4 aromatic heterocycles. The second-order valence-electron chi connectivity index (χ2n) is 15.6. The van der Waals surface area contributed by atoms with Crippen molar-refractivity contribution in [3.8, 4) is 0 Å². The summed E-state index contributed by atoms with van der Waals surface area (Å²) in [5.74, 6) is 1.21. The number of halogens is 8. The van der Waals surface area contributed by atoms with Crippen LogP contribution in [0.2, 0.25) is 0 Å². The predicted molar refractivity (Wildman–Crippen MR) is 212 cm³/mol. The molecule has 8 rings (SSSR count). The second-order valence-corrected chi connectivity index (χ2v) is 17.7. The van der Waals surface area contributed by atoms with Crippen LogP contribution in [0.4, 0.5) is 58.4 Å². The molecule has 12 nitrogen and oxygen atoms in total. The Balaban J connectivity index is 0.000000181. The Kier molecular flexibility index (Phi) is 12.6. The average Bonchev–Trinajstić information content (AvgIpc) is 3.65. The maximum Gasteiger partial charge on any atom is 0.434 e. The minimum absolute atomic E-state index is 0.0520. The molecule has 0 bridgehead atoms. The highest BCUT2D eigenvalue weighted by Crippen LogP contribution is 2.49. The molecule has 0 radical (unpaired) electrons. The normalized spacial score (nSPS) is 23.8. The van der Waals surface area contributed by atoms with E-state index in [0.29, 0.717) is 50.7 Å². The standard InChI is InChI=1S/2C19H22F4N6S/c2*20-11-3-4-18(14(11)24)5-8-29(9-6-18)13-10-27-17(16(25)28-13)30-12-2-1-7-26-15(12)19(21,22)23/h2*1-2,7,10-11,14H,3-6,8-9,24H2,(H2,25,28)/t11-,14+;11-,14-/m10/s1. The first-order valence-corrected chi connectivity index (χ1v) is 21.0. The average molecular weight is 885 g/mol. The summed E-state index contributed by atoms with van der Waals surface area (Å²) in [6, 6.07) is 4.63. The van der Waals surface area contributed by atoms with Crippen molar-refractivity contribution < 1.29 is 35.1 Å². The highest BCUT2D eigenvalue weighted by molar-refractivity contribution is 7.99. The molecule has 8 N–H and O–H groups in total. The van der Waals surface area contributed by atoms with Crippen molar-refractivity contribution in [1.29, 1.82) is 0 Å². The molecule has 4 aromatic rings. The molecule has 0 unspecified atom stereocenters. The van der Waals surface area contributed by atoms with Crippen molar-refractivity contribution in [3.05, 3.63) is 60.4 Å². The zero-order valence-electron chi connectivity index (χ0n) is 32.1. The fourth-order valence-corrected chi connectivity index (χ4v) is 10.4. The number of nitrogens with zero attached hydrogens (tertiary/aromatic N) is 8. The highest BCUT2D eigenvalue weighted by atomic mass is 32.2. The van der Waals surface area contributed by atoms with Gasteiger partial charge >= 0.3 is 12.4 Å². The van der Waals surface area contributed by atoms with Gasteiger partial charge in [0.2, 0.25) is 0 Å². The first-order valence-electron chi connectivity index (χ1n) is 19.3. The van der Waals surface area contributed by atoms with Gasteiger partial charge in [-0.2, -0.15) is 26.3 Å². The summed E-state index contributed by atoms with van der Waals surface area (Å²) in [6.07, 6.45) is -0.200. The Morgan fingerprint density at radius 3 is 1.25 bits per heavy atom. The zero-order valence-corrected chi connectivity index (χ0v) is 33.8. The monoisotopic (exact) mass is 884 g/mol. The molecule has 0 aromatic carbocycles. The molecule has 4 aliphatic rings. The fourth-order valence-electron chi connectivity index (χ4n) is 8.65. The van der Waals surface area contributed by atoms with Gasteiger partial charge in [-0.25, -0.2) is 28.7 Å². The van der Waals surface area contributed by atoms with Crippen LogP contribution in [-0.2, 0) is 12.4 Å². The van der Waals surface area contributed by atoms with Crippen LogP contribution in [0.15, 0.2) is 68.9 Å². The van der Waals surface area contributed by atoms with Crippen LogP contribution in [-0.4, -0.2) is 80.5 Å². The molecular formula is C38H44F8N12S2. The number of nitrogens with two attached hydrogens (primary N) is 4. The summed E-state index contributed by atoms with van der Waals surface area (Å²) < 4.78 is 107. The lowest BCUT2D eigenvalue weighted by molar-refractivity contribution is -0.144. The van der Waals surface area contributed by atoms with Gasteiger partial charge in [0, 0.05) is 60.4 Å². The molecule has 2 saturated heterocycles. The Morgan fingerprint density at radius 1 is 0.583 bits per heavy atom. The van der Waals surface area contributed by atoms with Crippen molar-refractivity contribution in [2.75, 3.05) is 47.4 Å². The van der Waals surface area contributed by atoms with Crippen LogP contribution in [0, 0.1) is 10.8 Å². The Bertz CT molecular complexity index is 1980. The summed E-state index contributed by atoms with van der Waals surface area (Å²) in [5, 5.41) is 0.368. The third kappa shape index (κ3) is 9.15. The maximum absolute atomic E-state index is 13.9. The van der Waals surface area contributed by atoms with Crippen molar-refractivity contribution in [1.82, 2.24) is 29.9 Å². The molecule has 22 heteroatoms. The maximum atomic E-state index is 13.9. The number of pyridine rings is 2. The van der Waals surface area contributed by atoms with Crippen molar-refractivity contribution >= 4 is 46.8 Å². The van der Waals surface area contributed by atoms with Gasteiger partial charge in [-0.15, -0.1) is 0 Å². The van der Waals surface area contributed by atoms with Crippen LogP contribution in [0.5, 0.6) is 0 Å². The fraction of sp³-hybridized carbons (Fsp3) is 0.526. The van der Waals surface area contributed by atoms with E-state index in [1.54, 1.807) is 0 Å². The van der Waals surface area contributed by atoms with E-state index < -0.39 is 48.2 Å². The van der Waals surface area contributed by atoms with E-state index in [-0.39, 0.29) is 42.3 Å². The number of anilines is 4. The first kappa shape index (κ1) is 43.8. The Labute approximate surface area is 349 Å². The predicted octanol–water partition coefficient (Wildman–Crippen LogP) is 7.34. The van der Waals surface area contributed by atoms with Gasteiger partial charge in [-0.05, 0) is 86.5 Å². The van der Waals surface area contributed by atoms with E-state index in [9.17, 15) is 35.1 Å². The highest BCUT2D eigenvalue weighted by Gasteiger charge is 2.49. The van der Waals surface area contributed by atoms with Crippen molar-refractivity contribution in [2.45, 2.75) is 108 Å². The van der Waals surface area contributed by atoms with Gasteiger partial charge in [0.15, 0.2) is 23.0 Å². The minimum Gasteiger partial charge on any atom is -0.381 e. The van der Waals surface area contributed by atoms with E-state index in [1.807, 2.05) is 9.80 Å². The summed E-state index contributed by atoms with van der Waals surface area (Å²) >= 11 is 1.56. The summed E-state index contributed by atoms with van der Waals surface area (Å²) in [4.78, 5) is 27.9. The third-order valence-electron chi connectivity index (χ3n) is 12.2. The summed E-state index contributed by atoms with van der Waals surface area (Å²) in [5.41, 5.74) is 21.9. The number of rotatable bonds is 6. The van der Waals surface area contributed by atoms with Crippen LogP contribution in [0.25, 0.3) is 0 Å². The molecule has 2 aliphatic heterocycles. The Hall–Kier alpha value is -4.28. The van der Waals surface area contributed by atoms with Gasteiger partial charge < -0.3 is 32.7 Å². The van der Waals surface area contributed by atoms with Gasteiger partial charge in [0.25, 0.3) is 0 Å². The van der Waals surface area contributed by atoms with Crippen LogP contribution >= 0.6 is 23.5 Å². The SMILES string of the molecule is Nc1nc(N2CCC3(CC[C@@H](F)[C@@H]3N)CC2)cnc1Sc1cccnc1C(F)(F)F.Nc1nc(N2CCC3(CC[C@H](F)[C@@H]3N)CC2)cnc1Sc1cccnc1C(F)(F)F. The number of nitrogen functional groups attached to an aromatic ring is 2. The van der Waals surface area contributed by atoms with E-state index in [4.69, 9.17) is 22.9 Å². The number of aromatic nitrogens is 6. The lowest BCUT2D eigenvalue weighted by Gasteiger charge is -2.42. The molecular weight excluding hydrogens is 841 g/mol. The molecule has 2 saturated carbocycles. The van der Waals surface area contributed by atoms with E-state index in [1.165, 1.54) is 36.7 Å². The summed E-state index contributed by atoms with van der Waals surface area (Å²) in [6.45, 7) is 2.62. The topological polar surface area (TPSA) is 188 Å². The van der Waals surface area contributed by atoms with Crippen molar-refractivity contribution in [3.63, 3.8) is 0 Å². The lowest BCUT2D eigenvalue weighted by atomic mass is 9.74. The van der Waals surface area contributed by atoms with E-state index in [0.717, 1.165) is 74.4 Å². The molecule has 4 atom stereocenters. The number of piperidine rings is 2. The number of hydrogen-bond acceptors (Lipinski definition) is 14. The molecule has 2 spiro atoms. The molecule has 0 amide bonds. The van der Waals surface area contributed by atoms with Gasteiger partial charge in [0.1, 0.15) is 34.0 Å². The quantitative estimate of drug-likeness (QED) is 0.141. The van der Waals surface area contributed by atoms with Gasteiger partial charge in [-0.3, -0.25) is 9.97 Å². The van der Waals surface area contributed by atoms with Gasteiger partial charge in [-0.1, -0.05) is 23.5 Å². The lowest BCUT2D eigenvalue weighted by Crippen LogP contribution is -2.49. The smallest absolute Gasteiger partial charge is 0.381 e. The third-order valence-corrected chi connectivity index (χ3v) is 14.3. The first-order chi connectivity index (χ1) is 28.4. The summed E-state index contributed by atoms with van der Waals surface area (Å²) in [7, 11) is 0. The van der Waals surface area contributed by atoms with Crippen LogP contribution < -0.4 is 32.7 Å². The van der Waals surface area contributed by atoms with Gasteiger partial charge in [0.05, 0.1) is 12.4 Å². The van der Waals surface area contributed by atoms with Crippen molar-refractivity contribution in [2.24, 2.45) is 22.3 Å². The zero-order chi connectivity index (χ0) is 43.0. The molecule has 2 aliphatic carbocycles. The molecule has 324 valence electrons. The van der Waals surface area contributed by atoms with E-state index >= 15 is 0 Å². The van der Waals surface area contributed by atoms with Crippen LogP contribution in [0.1, 0.15) is 62.8 Å². The van der Waals surface area contributed by atoms with E-state index in [2.05, 4.69) is 29.9 Å². The number of hydrogen-bond donors (Lipinski definition) is 4. The number of alkyl halides is 8. The Morgan fingerprint density at radius 2 is 0.950 bits per heavy atom. The largest absolute Gasteiger partial charge is 0.434 e. The van der Waals surface area contributed by atoms with Crippen LogP contribution in [0.3, 0.4) is 0 Å². The molecule has 4 fully saturated rings. The molecule has 6 heterocycles. The molecule has 60 heavy (non-hydrogen) atoms.